The molecular formula is C26H22ClNO4. The van der Waals surface area contributed by atoms with E-state index in [0.29, 0.717) is 27.6 Å². The van der Waals surface area contributed by atoms with Crippen molar-refractivity contribution >= 4 is 34.7 Å². The lowest BCUT2D eigenvalue weighted by molar-refractivity contribution is -0.132. The number of carbonyl (C=O) groups is 2. The Balaban J connectivity index is 1.96. The Morgan fingerprint density at radius 3 is 2.34 bits per heavy atom. The first kappa shape index (κ1) is 21.7. The molecule has 1 aliphatic rings. The Hall–Kier alpha value is -3.57. The first-order valence-corrected chi connectivity index (χ1v) is 10.5. The van der Waals surface area contributed by atoms with Crippen molar-refractivity contribution < 1.29 is 19.4 Å². The number of anilines is 1. The van der Waals surface area contributed by atoms with Crippen LogP contribution in [0.15, 0.2) is 72.3 Å². The number of amides is 1. The van der Waals surface area contributed by atoms with E-state index in [-0.39, 0.29) is 11.3 Å². The van der Waals surface area contributed by atoms with Crippen molar-refractivity contribution in [3.05, 3.63) is 99.6 Å². The minimum Gasteiger partial charge on any atom is -0.507 e. The fourth-order valence-corrected chi connectivity index (χ4v) is 4.22. The second kappa shape index (κ2) is 8.52. The van der Waals surface area contributed by atoms with Gasteiger partial charge in [0.25, 0.3) is 11.7 Å². The zero-order valence-electron chi connectivity index (χ0n) is 17.9. The number of methoxy groups -OCH3 is 1. The Labute approximate surface area is 191 Å². The lowest BCUT2D eigenvalue weighted by atomic mass is 9.94. The van der Waals surface area contributed by atoms with Gasteiger partial charge in [0.05, 0.1) is 18.7 Å². The summed E-state index contributed by atoms with van der Waals surface area (Å²) >= 11 is 6.22. The molecule has 162 valence electrons. The number of ether oxygens (including phenoxy) is 1. The van der Waals surface area contributed by atoms with Gasteiger partial charge < -0.3 is 9.84 Å². The van der Waals surface area contributed by atoms with Gasteiger partial charge in [0.15, 0.2) is 0 Å². The molecule has 1 fully saturated rings. The van der Waals surface area contributed by atoms with Crippen LogP contribution in [-0.4, -0.2) is 23.9 Å². The minimum absolute atomic E-state index is 0.0325. The number of ketones is 1. The summed E-state index contributed by atoms with van der Waals surface area (Å²) in [6.45, 7) is 3.69. The molecule has 0 bridgehead atoms. The van der Waals surface area contributed by atoms with Crippen molar-refractivity contribution in [3.63, 3.8) is 0 Å². The molecule has 1 atom stereocenters. The number of hydrogen-bond acceptors (Lipinski definition) is 4. The molecule has 0 aromatic heterocycles. The monoisotopic (exact) mass is 447 g/mol. The lowest BCUT2D eigenvalue weighted by Gasteiger charge is -2.27. The van der Waals surface area contributed by atoms with Crippen molar-refractivity contribution in [1.29, 1.82) is 0 Å². The molecule has 1 heterocycles. The highest BCUT2D eigenvalue weighted by atomic mass is 35.5. The fraction of sp³-hybridized carbons (Fsp3) is 0.154. The molecule has 3 aromatic carbocycles. The average molecular weight is 448 g/mol. The van der Waals surface area contributed by atoms with Gasteiger partial charge in [-0.1, -0.05) is 48.0 Å². The topological polar surface area (TPSA) is 66.8 Å². The maximum atomic E-state index is 13.2. The van der Waals surface area contributed by atoms with Crippen molar-refractivity contribution in [2.24, 2.45) is 0 Å². The average Bonchev–Trinajstić information content (AvgIpc) is 3.06. The Bertz CT molecular complexity index is 1250. The smallest absolute Gasteiger partial charge is 0.300 e. The van der Waals surface area contributed by atoms with E-state index in [1.54, 1.807) is 43.5 Å². The predicted octanol–water partition coefficient (Wildman–Crippen LogP) is 5.59. The van der Waals surface area contributed by atoms with Gasteiger partial charge in [-0.3, -0.25) is 14.5 Å². The van der Waals surface area contributed by atoms with Crippen LogP contribution in [0.1, 0.15) is 28.3 Å². The summed E-state index contributed by atoms with van der Waals surface area (Å²) in [5.74, 6) is -1.03. The van der Waals surface area contributed by atoms with E-state index in [4.69, 9.17) is 16.3 Å². The van der Waals surface area contributed by atoms with Gasteiger partial charge in [-0.15, -0.1) is 0 Å². The van der Waals surface area contributed by atoms with Gasteiger partial charge in [-0.25, -0.2) is 0 Å². The molecule has 6 heteroatoms. The lowest BCUT2D eigenvalue weighted by Crippen LogP contribution is -2.30. The Morgan fingerprint density at radius 2 is 1.69 bits per heavy atom. The number of Topliss-reactive ketones (excluding diaryl/α,β-unsaturated/α-hetero) is 1. The number of aryl methyl sites for hydroxylation is 2. The molecule has 5 nitrogen and oxygen atoms in total. The molecule has 0 radical (unpaired) electrons. The highest BCUT2D eigenvalue weighted by molar-refractivity contribution is 6.52. The van der Waals surface area contributed by atoms with Crippen LogP contribution in [0.5, 0.6) is 5.75 Å². The number of nitrogens with zero attached hydrogens (tertiary/aromatic N) is 1. The van der Waals surface area contributed by atoms with E-state index >= 15 is 0 Å². The summed E-state index contributed by atoms with van der Waals surface area (Å²) < 4.78 is 5.29. The zero-order valence-corrected chi connectivity index (χ0v) is 18.7. The highest BCUT2D eigenvalue weighted by Gasteiger charge is 2.47. The van der Waals surface area contributed by atoms with Crippen LogP contribution in [0, 0.1) is 13.8 Å². The molecule has 0 saturated carbocycles. The number of hydrogen-bond donors (Lipinski definition) is 1. The molecule has 1 N–H and O–H groups in total. The van der Waals surface area contributed by atoms with E-state index in [2.05, 4.69) is 0 Å². The number of aliphatic hydroxyl groups excluding tert-OH is 1. The number of carbonyl (C=O) groups excluding carboxylic acids is 2. The van der Waals surface area contributed by atoms with Crippen molar-refractivity contribution in [2.75, 3.05) is 12.0 Å². The Kier molecular flexibility index (Phi) is 5.76. The normalized spacial score (nSPS) is 17.6. The van der Waals surface area contributed by atoms with E-state index in [1.807, 2.05) is 44.2 Å². The van der Waals surface area contributed by atoms with Gasteiger partial charge in [-0.2, -0.15) is 0 Å². The molecule has 1 amide bonds. The predicted molar refractivity (Wildman–Crippen MR) is 125 cm³/mol. The second-order valence-corrected chi connectivity index (χ2v) is 8.13. The van der Waals surface area contributed by atoms with Crippen molar-refractivity contribution in [1.82, 2.24) is 0 Å². The van der Waals surface area contributed by atoms with Gasteiger partial charge >= 0.3 is 0 Å². The SMILES string of the molecule is COc1ccc(/C(O)=C2\C(=O)C(=O)N(c3cc(Cl)ccc3C)C2c2ccccc2)cc1C. The number of aliphatic hydroxyl groups is 1. The van der Waals surface area contributed by atoms with E-state index in [0.717, 1.165) is 11.1 Å². The molecular weight excluding hydrogens is 426 g/mol. The van der Waals surface area contributed by atoms with Crippen molar-refractivity contribution in [2.45, 2.75) is 19.9 Å². The summed E-state index contributed by atoms with van der Waals surface area (Å²) in [6, 6.07) is 18.7. The third-order valence-electron chi connectivity index (χ3n) is 5.66. The van der Waals surface area contributed by atoms with Crippen LogP contribution in [0.2, 0.25) is 5.02 Å². The van der Waals surface area contributed by atoms with Gasteiger partial charge in [0, 0.05) is 16.3 Å². The van der Waals surface area contributed by atoms with Gasteiger partial charge in [-0.05, 0) is 60.9 Å². The van der Waals surface area contributed by atoms with Crippen LogP contribution in [0.25, 0.3) is 5.76 Å². The highest BCUT2D eigenvalue weighted by Crippen LogP contribution is 2.43. The third kappa shape index (κ3) is 3.65. The standard InChI is InChI=1S/C26H22ClNO4/c1-15-9-11-19(27)14-20(15)28-23(17-7-5-4-6-8-17)22(25(30)26(28)31)24(29)18-10-12-21(32-3)16(2)13-18/h4-14,23,29H,1-3H3/b24-22+. The summed E-state index contributed by atoms with van der Waals surface area (Å²) in [6.07, 6.45) is 0. The largest absolute Gasteiger partial charge is 0.507 e. The maximum Gasteiger partial charge on any atom is 0.300 e. The minimum atomic E-state index is -0.796. The fourth-order valence-electron chi connectivity index (χ4n) is 4.06. The molecule has 0 aliphatic carbocycles. The van der Waals surface area contributed by atoms with E-state index in [9.17, 15) is 14.7 Å². The number of halogens is 1. The van der Waals surface area contributed by atoms with E-state index in [1.165, 1.54) is 4.90 Å². The van der Waals surface area contributed by atoms with Crippen LogP contribution < -0.4 is 9.64 Å². The first-order valence-electron chi connectivity index (χ1n) is 10.1. The molecule has 3 aromatic rings. The second-order valence-electron chi connectivity index (χ2n) is 7.69. The van der Waals surface area contributed by atoms with Crippen LogP contribution >= 0.6 is 11.6 Å². The molecule has 1 saturated heterocycles. The molecule has 1 unspecified atom stereocenters. The number of rotatable bonds is 4. The molecule has 1 aliphatic heterocycles. The molecule has 0 spiro atoms. The molecule has 32 heavy (non-hydrogen) atoms. The maximum absolute atomic E-state index is 13.2. The van der Waals surface area contributed by atoms with E-state index < -0.39 is 17.7 Å². The van der Waals surface area contributed by atoms with Crippen molar-refractivity contribution in [3.8, 4) is 5.75 Å². The third-order valence-corrected chi connectivity index (χ3v) is 5.89. The van der Waals surface area contributed by atoms with Crippen LogP contribution in [0.4, 0.5) is 5.69 Å². The summed E-state index contributed by atoms with van der Waals surface area (Å²) in [4.78, 5) is 27.9. The summed E-state index contributed by atoms with van der Waals surface area (Å²) in [7, 11) is 1.57. The summed E-state index contributed by atoms with van der Waals surface area (Å²) in [5, 5.41) is 11.7. The first-order chi connectivity index (χ1) is 15.3. The summed E-state index contributed by atoms with van der Waals surface area (Å²) in [5.41, 5.74) is 3.29. The van der Waals surface area contributed by atoms with Crippen LogP contribution in [-0.2, 0) is 9.59 Å². The van der Waals surface area contributed by atoms with Gasteiger partial charge in [0.1, 0.15) is 11.5 Å². The quantitative estimate of drug-likeness (QED) is 0.321. The molecule has 4 rings (SSSR count). The van der Waals surface area contributed by atoms with Crippen LogP contribution in [0.3, 0.4) is 0 Å². The number of benzene rings is 3. The van der Waals surface area contributed by atoms with Gasteiger partial charge in [0.2, 0.25) is 0 Å². The zero-order chi connectivity index (χ0) is 23.0. The Morgan fingerprint density at radius 1 is 0.969 bits per heavy atom.